The molecule has 0 spiro atoms. The number of fused-ring (bicyclic) bond motifs is 1. The van der Waals surface area contributed by atoms with Gasteiger partial charge in [-0.05, 0) is 29.2 Å². The summed E-state index contributed by atoms with van der Waals surface area (Å²) in [6.45, 7) is 6.30. The van der Waals surface area contributed by atoms with E-state index in [1.54, 1.807) is 24.2 Å². The second-order valence-corrected chi connectivity index (χ2v) is 9.00. The van der Waals surface area contributed by atoms with Crippen molar-refractivity contribution in [1.82, 2.24) is 15.0 Å². The van der Waals surface area contributed by atoms with Gasteiger partial charge in [-0.1, -0.05) is 38.6 Å². The predicted molar refractivity (Wildman–Crippen MR) is 108 cm³/mol. The third-order valence-electron chi connectivity index (χ3n) is 5.01. The first-order valence-corrected chi connectivity index (χ1v) is 10.1. The van der Waals surface area contributed by atoms with Crippen LogP contribution in [-0.4, -0.2) is 26.5 Å². The highest BCUT2D eigenvalue weighted by molar-refractivity contribution is 7.99. The average Bonchev–Trinajstić information content (AvgIpc) is 2.60. The fourth-order valence-corrected chi connectivity index (χ4v) is 4.56. The molecule has 27 heavy (non-hydrogen) atoms. The lowest BCUT2D eigenvalue weighted by Crippen LogP contribution is -2.34. The summed E-state index contributed by atoms with van der Waals surface area (Å²) < 4.78 is 0. The molecule has 0 amide bonds. The first kappa shape index (κ1) is 18.0. The SMILES string of the molecule is CCSc1nc(N)c2c(n1)NC1=C(C(=O)CC(C)(C)C1)C2c1cccnc1. The summed E-state index contributed by atoms with van der Waals surface area (Å²) in [7, 11) is 0. The molecule has 2 aromatic heterocycles. The number of rotatable bonds is 3. The maximum absolute atomic E-state index is 13.1. The van der Waals surface area contributed by atoms with E-state index in [2.05, 4.69) is 36.1 Å². The van der Waals surface area contributed by atoms with Gasteiger partial charge in [0, 0.05) is 41.6 Å². The maximum atomic E-state index is 13.1. The largest absolute Gasteiger partial charge is 0.383 e. The lowest BCUT2D eigenvalue weighted by Gasteiger charge is -2.39. The van der Waals surface area contributed by atoms with Crippen LogP contribution in [0.2, 0.25) is 0 Å². The Morgan fingerprint density at radius 1 is 1.33 bits per heavy atom. The van der Waals surface area contributed by atoms with Crippen molar-refractivity contribution in [2.45, 2.75) is 44.7 Å². The van der Waals surface area contributed by atoms with Crippen LogP contribution in [0.15, 0.2) is 41.0 Å². The van der Waals surface area contributed by atoms with E-state index < -0.39 is 0 Å². The van der Waals surface area contributed by atoms with E-state index in [0.717, 1.165) is 34.6 Å². The Labute approximate surface area is 163 Å². The summed E-state index contributed by atoms with van der Waals surface area (Å²) >= 11 is 1.55. The van der Waals surface area contributed by atoms with Crippen LogP contribution in [0.1, 0.15) is 50.7 Å². The molecule has 3 N–H and O–H groups in total. The number of Topliss-reactive ketones (excluding diaryl/α,β-unsaturated/α-hetero) is 1. The Morgan fingerprint density at radius 2 is 2.15 bits per heavy atom. The minimum absolute atomic E-state index is 0.0838. The van der Waals surface area contributed by atoms with Crippen LogP contribution in [0.4, 0.5) is 11.6 Å². The summed E-state index contributed by atoms with van der Waals surface area (Å²) in [5, 5.41) is 4.07. The molecule has 140 valence electrons. The topological polar surface area (TPSA) is 93.8 Å². The normalized spacial score (nSPS) is 20.7. The van der Waals surface area contributed by atoms with Gasteiger partial charge in [-0.2, -0.15) is 0 Å². The maximum Gasteiger partial charge on any atom is 0.191 e. The van der Waals surface area contributed by atoms with E-state index in [0.29, 0.717) is 23.2 Å². The van der Waals surface area contributed by atoms with Crippen molar-refractivity contribution >= 4 is 29.2 Å². The standard InChI is InChI=1S/C20H23N5OS/c1-4-27-19-24-17(21)16-14(11-6-5-7-22-10-11)15-12(23-18(16)25-19)8-20(2,3)9-13(15)26/h5-7,10,14H,4,8-9H2,1-3H3,(H3,21,23,24,25). The van der Waals surface area contributed by atoms with Crippen LogP contribution in [0, 0.1) is 5.41 Å². The number of ketones is 1. The van der Waals surface area contributed by atoms with Crippen molar-refractivity contribution < 1.29 is 4.79 Å². The molecule has 0 bridgehead atoms. The quantitative estimate of drug-likeness (QED) is 0.617. The zero-order valence-electron chi connectivity index (χ0n) is 15.7. The number of allylic oxidation sites excluding steroid dienone is 2. The molecule has 0 radical (unpaired) electrons. The molecule has 2 aliphatic rings. The number of hydrogen-bond donors (Lipinski definition) is 2. The number of pyridine rings is 1. The van der Waals surface area contributed by atoms with Crippen molar-refractivity contribution in [3.63, 3.8) is 0 Å². The molecule has 0 saturated carbocycles. The highest BCUT2D eigenvalue weighted by atomic mass is 32.2. The fraction of sp³-hybridized carbons (Fsp3) is 0.400. The van der Waals surface area contributed by atoms with Crippen molar-refractivity contribution in [1.29, 1.82) is 0 Å². The minimum Gasteiger partial charge on any atom is -0.383 e. The summed E-state index contributed by atoms with van der Waals surface area (Å²) in [6.07, 6.45) is 4.84. The summed E-state index contributed by atoms with van der Waals surface area (Å²) in [5.41, 5.74) is 9.71. The molecule has 6 nitrogen and oxygen atoms in total. The van der Waals surface area contributed by atoms with Crippen LogP contribution >= 0.6 is 11.8 Å². The third-order valence-corrected chi connectivity index (χ3v) is 5.74. The van der Waals surface area contributed by atoms with Crippen LogP contribution in [-0.2, 0) is 4.79 Å². The molecular formula is C20H23N5OS. The number of nitrogens with zero attached hydrogens (tertiary/aromatic N) is 3. The number of nitrogen functional groups attached to an aromatic ring is 1. The van der Waals surface area contributed by atoms with E-state index in [1.165, 1.54) is 0 Å². The number of anilines is 2. The Kier molecular flexibility index (Phi) is 4.42. The van der Waals surface area contributed by atoms with Crippen LogP contribution in [0.3, 0.4) is 0 Å². The minimum atomic E-state index is -0.283. The van der Waals surface area contributed by atoms with Gasteiger partial charge in [0.05, 0.1) is 0 Å². The Hall–Kier alpha value is -2.41. The molecule has 0 saturated heterocycles. The van der Waals surface area contributed by atoms with Crippen molar-refractivity contribution in [3.8, 4) is 0 Å². The van der Waals surface area contributed by atoms with Gasteiger partial charge in [-0.25, -0.2) is 9.97 Å². The predicted octanol–water partition coefficient (Wildman–Crippen LogP) is 3.77. The highest BCUT2D eigenvalue weighted by Gasteiger charge is 2.42. The average molecular weight is 382 g/mol. The number of nitrogens with two attached hydrogens (primary N) is 1. The number of thioether (sulfide) groups is 1. The number of carbonyl (C=O) groups excluding carboxylic acids is 1. The number of hydrogen-bond acceptors (Lipinski definition) is 7. The molecule has 1 unspecified atom stereocenters. The van der Waals surface area contributed by atoms with Gasteiger partial charge in [-0.3, -0.25) is 9.78 Å². The first-order chi connectivity index (χ1) is 12.9. The molecule has 0 aromatic carbocycles. The van der Waals surface area contributed by atoms with Gasteiger partial charge in [0.1, 0.15) is 11.6 Å². The smallest absolute Gasteiger partial charge is 0.191 e. The molecule has 1 atom stereocenters. The van der Waals surface area contributed by atoms with Gasteiger partial charge >= 0.3 is 0 Å². The number of aromatic nitrogens is 3. The second kappa shape index (κ2) is 6.64. The zero-order valence-corrected chi connectivity index (χ0v) is 16.6. The van der Waals surface area contributed by atoms with Gasteiger partial charge in [0.2, 0.25) is 0 Å². The van der Waals surface area contributed by atoms with Gasteiger partial charge in [0.15, 0.2) is 10.9 Å². The fourth-order valence-electron chi connectivity index (χ4n) is 3.99. The number of nitrogens with one attached hydrogen (secondary N) is 1. The summed E-state index contributed by atoms with van der Waals surface area (Å²) in [5.74, 6) is 1.86. The van der Waals surface area contributed by atoms with E-state index >= 15 is 0 Å². The molecule has 2 aromatic rings. The van der Waals surface area contributed by atoms with Crippen molar-refractivity contribution in [3.05, 3.63) is 46.9 Å². The van der Waals surface area contributed by atoms with E-state index in [-0.39, 0.29) is 17.1 Å². The molecule has 0 fully saturated rings. The molecule has 1 aliphatic heterocycles. The van der Waals surface area contributed by atoms with E-state index in [9.17, 15) is 4.79 Å². The summed E-state index contributed by atoms with van der Waals surface area (Å²) in [4.78, 5) is 26.6. The van der Waals surface area contributed by atoms with Crippen molar-refractivity contribution in [2.24, 2.45) is 5.41 Å². The Balaban J connectivity index is 1.93. The van der Waals surface area contributed by atoms with Crippen LogP contribution < -0.4 is 11.1 Å². The third kappa shape index (κ3) is 3.20. The molecule has 1 aliphatic carbocycles. The first-order valence-electron chi connectivity index (χ1n) is 9.13. The Morgan fingerprint density at radius 3 is 2.85 bits per heavy atom. The lowest BCUT2D eigenvalue weighted by atomic mass is 9.69. The van der Waals surface area contributed by atoms with Gasteiger partial charge < -0.3 is 11.1 Å². The molecule has 3 heterocycles. The zero-order chi connectivity index (χ0) is 19.2. The van der Waals surface area contributed by atoms with Gasteiger partial charge in [-0.15, -0.1) is 0 Å². The van der Waals surface area contributed by atoms with Crippen LogP contribution in [0.25, 0.3) is 0 Å². The van der Waals surface area contributed by atoms with E-state index in [1.807, 2.05) is 12.1 Å². The van der Waals surface area contributed by atoms with Crippen LogP contribution in [0.5, 0.6) is 0 Å². The molecular weight excluding hydrogens is 358 g/mol. The lowest BCUT2D eigenvalue weighted by molar-refractivity contribution is -0.118. The van der Waals surface area contributed by atoms with E-state index in [4.69, 9.17) is 10.7 Å². The molecule has 4 rings (SSSR count). The molecule has 7 heteroatoms. The van der Waals surface area contributed by atoms with Gasteiger partial charge in [0.25, 0.3) is 0 Å². The summed E-state index contributed by atoms with van der Waals surface area (Å²) in [6, 6.07) is 3.87. The highest BCUT2D eigenvalue weighted by Crippen LogP contribution is 2.49. The Bertz CT molecular complexity index is 939. The second-order valence-electron chi connectivity index (χ2n) is 7.76. The van der Waals surface area contributed by atoms with Crippen molar-refractivity contribution in [2.75, 3.05) is 16.8 Å². The number of carbonyl (C=O) groups is 1. The monoisotopic (exact) mass is 381 g/mol.